The maximum Gasteiger partial charge on any atom is 0.412 e. The van der Waals surface area contributed by atoms with Gasteiger partial charge in [0.2, 0.25) is 0 Å². The van der Waals surface area contributed by atoms with Gasteiger partial charge in [-0.05, 0) is 34.6 Å². The average Bonchev–Trinajstić information content (AvgIpc) is 3.34. The number of aromatic nitrogens is 2. The largest absolute Gasteiger partial charge is 0.480 e. The fourth-order valence-corrected chi connectivity index (χ4v) is 4.40. The number of anilines is 1. The highest BCUT2D eigenvalue weighted by Crippen LogP contribution is 2.44. The van der Waals surface area contributed by atoms with Crippen LogP contribution in [0.5, 0.6) is 0 Å². The van der Waals surface area contributed by atoms with E-state index in [1.165, 1.54) is 17.8 Å². The first-order valence-electron chi connectivity index (χ1n) is 11.4. The molecule has 1 unspecified atom stereocenters. The van der Waals surface area contributed by atoms with E-state index in [1.807, 2.05) is 50.2 Å². The predicted octanol–water partition coefficient (Wildman–Crippen LogP) is 4.01. The molecule has 1 atom stereocenters. The van der Waals surface area contributed by atoms with Crippen LogP contribution >= 0.6 is 0 Å². The Labute approximate surface area is 203 Å². The number of nitrogens with one attached hydrogen (secondary N) is 2. The summed E-state index contributed by atoms with van der Waals surface area (Å²) in [6, 6.07) is 16.5. The molecule has 0 saturated heterocycles. The Morgan fingerprint density at radius 2 is 1.66 bits per heavy atom. The fraction of sp³-hybridized carbons (Fsp3) is 0.308. The number of amides is 2. The minimum Gasteiger partial charge on any atom is -0.480 e. The third kappa shape index (κ3) is 5.18. The lowest BCUT2D eigenvalue weighted by Crippen LogP contribution is -2.42. The van der Waals surface area contributed by atoms with Crippen LogP contribution in [0.2, 0.25) is 0 Å². The van der Waals surface area contributed by atoms with E-state index >= 15 is 0 Å². The molecule has 1 heterocycles. The number of fused-ring (bicyclic) bond motifs is 3. The van der Waals surface area contributed by atoms with Gasteiger partial charge in [0, 0.05) is 19.0 Å². The van der Waals surface area contributed by atoms with Crippen molar-refractivity contribution in [2.45, 2.75) is 32.2 Å². The van der Waals surface area contributed by atoms with Crippen LogP contribution < -0.4 is 10.6 Å². The van der Waals surface area contributed by atoms with Crippen molar-refractivity contribution >= 4 is 23.8 Å². The van der Waals surface area contributed by atoms with Crippen molar-refractivity contribution in [3.05, 3.63) is 71.4 Å². The summed E-state index contributed by atoms with van der Waals surface area (Å²) >= 11 is 0. The summed E-state index contributed by atoms with van der Waals surface area (Å²) in [5, 5.41) is 18.6. The minimum absolute atomic E-state index is 0.0767. The van der Waals surface area contributed by atoms with Crippen molar-refractivity contribution in [2.24, 2.45) is 13.0 Å². The van der Waals surface area contributed by atoms with Crippen LogP contribution in [-0.2, 0) is 16.6 Å². The Kier molecular flexibility index (Phi) is 6.86. The van der Waals surface area contributed by atoms with E-state index in [0.29, 0.717) is 6.42 Å². The van der Waals surface area contributed by atoms with Gasteiger partial charge in [-0.1, -0.05) is 62.4 Å². The average molecular weight is 477 g/mol. The molecular formula is C26H28N4O5. The molecule has 0 bridgehead atoms. The van der Waals surface area contributed by atoms with E-state index in [0.717, 1.165) is 22.3 Å². The highest BCUT2D eigenvalue weighted by molar-refractivity contribution is 5.96. The molecule has 3 aromatic rings. The Balaban J connectivity index is 1.40. The van der Waals surface area contributed by atoms with Crippen LogP contribution in [0.4, 0.5) is 10.6 Å². The second-order valence-corrected chi connectivity index (χ2v) is 8.98. The summed E-state index contributed by atoms with van der Waals surface area (Å²) in [5.41, 5.74) is 4.60. The van der Waals surface area contributed by atoms with E-state index < -0.39 is 24.0 Å². The van der Waals surface area contributed by atoms with Gasteiger partial charge in [-0.25, -0.2) is 9.59 Å². The molecule has 2 amide bonds. The maximum atomic E-state index is 12.6. The van der Waals surface area contributed by atoms with Crippen molar-refractivity contribution < 1.29 is 24.2 Å². The zero-order valence-electron chi connectivity index (χ0n) is 19.8. The molecule has 4 rings (SSSR count). The smallest absolute Gasteiger partial charge is 0.412 e. The third-order valence-corrected chi connectivity index (χ3v) is 6.00. The predicted molar refractivity (Wildman–Crippen MR) is 130 cm³/mol. The number of carbonyl (C=O) groups is 3. The number of rotatable bonds is 8. The second kappa shape index (κ2) is 10.0. The second-order valence-electron chi connectivity index (χ2n) is 8.98. The van der Waals surface area contributed by atoms with E-state index in [4.69, 9.17) is 4.74 Å². The van der Waals surface area contributed by atoms with Gasteiger partial charge in [0.15, 0.2) is 5.82 Å². The number of nitrogens with zero attached hydrogens (tertiary/aromatic N) is 2. The number of hydrogen-bond donors (Lipinski definition) is 3. The van der Waals surface area contributed by atoms with Crippen LogP contribution in [0.25, 0.3) is 11.1 Å². The number of carboxylic acids is 1. The van der Waals surface area contributed by atoms with Crippen molar-refractivity contribution in [3.63, 3.8) is 0 Å². The van der Waals surface area contributed by atoms with Gasteiger partial charge in [0.1, 0.15) is 18.3 Å². The van der Waals surface area contributed by atoms with Crippen LogP contribution in [0.15, 0.2) is 54.6 Å². The lowest BCUT2D eigenvalue weighted by Gasteiger charge is -2.16. The summed E-state index contributed by atoms with van der Waals surface area (Å²) < 4.78 is 6.80. The Hall–Kier alpha value is -4.14. The van der Waals surface area contributed by atoms with Gasteiger partial charge in [-0.2, -0.15) is 5.10 Å². The SMILES string of the molecule is CC(C)CC(NC(=O)c1cc(NC(=O)OCC2c3ccccc3-c3ccccc32)nn1C)C(=O)O. The van der Waals surface area contributed by atoms with E-state index in [1.54, 1.807) is 0 Å². The van der Waals surface area contributed by atoms with Crippen molar-refractivity contribution in [1.29, 1.82) is 0 Å². The first-order chi connectivity index (χ1) is 16.7. The molecule has 0 aliphatic heterocycles. The number of benzene rings is 2. The lowest BCUT2D eigenvalue weighted by molar-refractivity contribution is -0.139. The van der Waals surface area contributed by atoms with Gasteiger partial charge in [0.05, 0.1) is 0 Å². The Morgan fingerprint density at radius 1 is 1.06 bits per heavy atom. The zero-order valence-corrected chi connectivity index (χ0v) is 19.8. The Morgan fingerprint density at radius 3 is 2.23 bits per heavy atom. The number of ether oxygens (including phenoxy) is 1. The number of carboxylic acid groups (broad SMARTS) is 1. The van der Waals surface area contributed by atoms with Gasteiger partial charge in [-0.15, -0.1) is 0 Å². The molecule has 2 aromatic carbocycles. The first kappa shape index (κ1) is 24.0. The van der Waals surface area contributed by atoms with Crippen LogP contribution in [0.3, 0.4) is 0 Å². The third-order valence-electron chi connectivity index (χ3n) is 6.00. The van der Waals surface area contributed by atoms with Crippen molar-refractivity contribution in [1.82, 2.24) is 15.1 Å². The molecule has 182 valence electrons. The highest BCUT2D eigenvalue weighted by atomic mass is 16.5. The molecular weight excluding hydrogens is 448 g/mol. The summed E-state index contributed by atoms with van der Waals surface area (Å²) in [4.78, 5) is 36.6. The van der Waals surface area contributed by atoms with Crippen LogP contribution in [-0.4, -0.2) is 45.5 Å². The topological polar surface area (TPSA) is 123 Å². The first-order valence-corrected chi connectivity index (χ1v) is 11.4. The molecule has 0 fully saturated rings. The van der Waals surface area contributed by atoms with Gasteiger partial charge in [-0.3, -0.25) is 14.8 Å². The minimum atomic E-state index is -1.11. The molecule has 0 radical (unpaired) electrons. The quantitative estimate of drug-likeness (QED) is 0.452. The fourth-order valence-electron chi connectivity index (χ4n) is 4.40. The monoisotopic (exact) mass is 476 g/mol. The number of aryl methyl sites for hydroxylation is 1. The van der Waals surface area contributed by atoms with E-state index in [9.17, 15) is 19.5 Å². The zero-order chi connectivity index (χ0) is 25.1. The van der Waals surface area contributed by atoms with Crippen LogP contribution in [0, 0.1) is 5.92 Å². The van der Waals surface area contributed by atoms with Gasteiger partial charge in [0.25, 0.3) is 5.91 Å². The molecule has 35 heavy (non-hydrogen) atoms. The summed E-state index contributed by atoms with van der Waals surface area (Å²) in [6.07, 6.45) is -0.399. The summed E-state index contributed by atoms with van der Waals surface area (Å²) in [6.45, 7) is 3.90. The summed E-state index contributed by atoms with van der Waals surface area (Å²) in [5.74, 6) is -1.55. The van der Waals surface area contributed by atoms with Crippen LogP contribution in [0.1, 0.15) is 47.8 Å². The number of carbonyl (C=O) groups excluding carboxylic acids is 2. The Bertz CT molecular complexity index is 1220. The molecule has 0 spiro atoms. The number of aliphatic carboxylic acids is 1. The molecule has 3 N–H and O–H groups in total. The molecule has 0 saturated carbocycles. The molecule has 9 heteroatoms. The standard InChI is InChI=1S/C26H28N4O5/c1-15(2)12-21(25(32)33)27-24(31)22-13-23(29-30(22)3)28-26(34)35-14-20-18-10-6-4-8-16(18)17-9-5-7-11-19(17)20/h4-11,13,15,20-21H,12,14H2,1-3H3,(H,27,31)(H,32,33)(H,28,29,34). The van der Waals surface area contributed by atoms with E-state index in [2.05, 4.69) is 27.9 Å². The normalized spacial score (nSPS) is 13.1. The maximum absolute atomic E-state index is 12.6. The number of hydrogen-bond acceptors (Lipinski definition) is 5. The highest BCUT2D eigenvalue weighted by Gasteiger charge is 2.29. The van der Waals surface area contributed by atoms with Crippen molar-refractivity contribution in [3.8, 4) is 11.1 Å². The van der Waals surface area contributed by atoms with Gasteiger partial charge < -0.3 is 15.2 Å². The molecule has 9 nitrogen and oxygen atoms in total. The van der Waals surface area contributed by atoms with E-state index in [-0.39, 0.29) is 30.0 Å². The molecule has 1 aliphatic rings. The van der Waals surface area contributed by atoms with Gasteiger partial charge >= 0.3 is 12.1 Å². The van der Waals surface area contributed by atoms with Crippen molar-refractivity contribution in [2.75, 3.05) is 11.9 Å². The molecule has 1 aromatic heterocycles. The summed E-state index contributed by atoms with van der Waals surface area (Å²) in [7, 11) is 1.54. The lowest BCUT2D eigenvalue weighted by atomic mass is 9.98. The molecule has 1 aliphatic carbocycles.